The minimum absolute atomic E-state index is 0.668. The molecule has 1 N–H and O–H groups in total. The van der Waals surface area contributed by atoms with Crippen molar-refractivity contribution in [3.05, 3.63) is 42.0 Å². The van der Waals surface area contributed by atoms with Crippen LogP contribution in [0.15, 0.2) is 36.4 Å². The van der Waals surface area contributed by atoms with Gasteiger partial charge in [-0.05, 0) is 54.2 Å². The number of fused-ring (bicyclic) bond motifs is 1. The van der Waals surface area contributed by atoms with Crippen molar-refractivity contribution >= 4 is 28.0 Å². The summed E-state index contributed by atoms with van der Waals surface area (Å²) in [5.41, 5.74) is 1.38. The number of aryl methyl sites for hydroxylation is 1. The first-order valence-electron chi connectivity index (χ1n) is 7.61. The van der Waals surface area contributed by atoms with Crippen molar-refractivity contribution in [3.8, 4) is 5.75 Å². The van der Waals surface area contributed by atoms with Crippen LogP contribution in [0.4, 0.5) is 0 Å². The molecule has 0 amide bonds. The minimum atomic E-state index is 0.668. The fourth-order valence-corrected chi connectivity index (χ4v) is 2.98. The van der Waals surface area contributed by atoms with Crippen LogP contribution < -0.4 is 10.1 Å². The van der Waals surface area contributed by atoms with Crippen molar-refractivity contribution in [1.29, 1.82) is 0 Å². The average molecular weight is 299 g/mol. The summed E-state index contributed by atoms with van der Waals surface area (Å²) in [6, 6.07) is 12.8. The highest BCUT2D eigenvalue weighted by atomic mass is 32.1. The molecule has 1 aliphatic carbocycles. The van der Waals surface area contributed by atoms with Gasteiger partial charge in [-0.15, -0.1) is 0 Å². The van der Waals surface area contributed by atoms with Crippen molar-refractivity contribution in [2.24, 2.45) is 5.92 Å². The first kappa shape index (κ1) is 14.3. The molecule has 0 saturated heterocycles. The Labute approximate surface area is 131 Å². The summed E-state index contributed by atoms with van der Waals surface area (Å²) >= 11 is 5.35. The molecule has 21 heavy (non-hydrogen) atoms. The van der Waals surface area contributed by atoms with E-state index >= 15 is 0 Å². The maximum Gasteiger partial charge on any atom is 0.119 e. The van der Waals surface area contributed by atoms with Gasteiger partial charge < -0.3 is 10.1 Å². The van der Waals surface area contributed by atoms with Crippen molar-refractivity contribution in [1.82, 2.24) is 5.32 Å². The molecule has 3 heteroatoms. The van der Waals surface area contributed by atoms with Crippen molar-refractivity contribution in [2.45, 2.75) is 25.7 Å². The van der Waals surface area contributed by atoms with Crippen molar-refractivity contribution < 1.29 is 4.74 Å². The monoisotopic (exact) mass is 299 g/mol. The predicted molar refractivity (Wildman–Crippen MR) is 92.1 cm³/mol. The Hall–Kier alpha value is -1.61. The van der Waals surface area contributed by atoms with Gasteiger partial charge in [-0.2, -0.15) is 0 Å². The lowest BCUT2D eigenvalue weighted by molar-refractivity contribution is 0.415. The Bertz CT molecular complexity index is 649. The lowest BCUT2D eigenvalue weighted by Crippen LogP contribution is -2.24. The lowest BCUT2D eigenvalue weighted by Gasteiger charge is -2.10. The maximum atomic E-state index is 5.35. The number of rotatable bonds is 6. The quantitative estimate of drug-likeness (QED) is 0.641. The van der Waals surface area contributed by atoms with E-state index in [1.54, 1.807) is 7.11 Å². The predicted octanol–water partition coefficient (Wildman–Crippen LogP) is 4.11. The van der Waals surface area contributed by atoms with Crippen LogP contribution in [0, 0.1) is 5.92 Å². The number of nitrogens with one attached hydrogen (secondary N) is 1. The third kappa shape index (κ3) is 3.53. The summed E-state index contributed by atoms with van der Waals surface area (Å²) in [6.07, 6.45) is 4.71. The molecule has 1 fully saturated rings. The minimum Gasteiger partial charge on any atom is -0.497 e. The molecule has 0 heterocycles. The number of benzene rings is 2. The second kappa shape index (κ2) is 6.44. The Morgan fingerprint density at radius 3 is 2.90 bits per heavy atom. The molecule has 0 aromatic heterocycles. The molecule has 1 saturated carbocycles. The maximum absolute atomic E-state index is 5.35. The van der Waals surface area contributed by atoms with E-state index in [1.165, 1.54) is 29.2 Å². The smallest absolute Gasteiger partial charge is 0.119 e. The van der Waals surface area contributed by atoms with Gasteiger partial charge in [0.1, 0.15) is 5.75 Å². The van der Waals surface area contributed by atoms with Gasteiger partial charge in [-0.25, -0.2) is 0 Å². The summed E-state index contributed by atoms with van der Waals surface area (Å²) < 4.78 is 5.34. The van der Waals surface area contributed by atoms with Gasteiger partial charge in [0.25, 0.3) is 0 Å². The number of hydrogen-bond donors (Lipinski definition) is 1. The van der Waals surface area contributed by atoms with Crippen LogP contribution in [-0.2, 0) is 6.42 Å². The van der Waals surface area contributed by atoms with Gasteiger partial charge in [-0.1, -0.05) is 36.5 Å². The molecule has 0 radical (unpaired) electrons. The van der Waals surface area contributed by atoms with Crippen LogP contribution >= 0.6 is 12.2 Å². The highest BCUT2D eigenvalue weighted by Crippen LogP contribution is 2.29. The van der Waals surface area contributed by atoms with E-state index in [-0.39, 0.29) is 0 Å². The molecule has 1 aliphatic rings. The van der Waals surface area contributed by atoms with Gasteiger partial charge in [0.05, 0.1) is 12.1 Å². The van der Waals surface area contributed by atoms with Crippen LogP contribution in [0.2, 0.25) is 0 Å². The molecule has 0 unspecified atom stereocenters. The zero-order valence-electron chi connectivity index (χ0n) is 12.4. The summed E-state index contributed by atoms with van der Waals surface area (Å²) in [5.74, 6) is 1.59. The summed E-state index contributed by atoms with van der Waals surface area (Å²) in [6.45, 7) is 0.968. The summed E-state index contributed by atoms with van der Waals surface area (Å²) in [7, 11) is 1.71. The first-order chi connectivity index (χ1) is 10.3. The Balaban J connectivity index is 1.63. The van der Waals surface area contributed by atoms with E-state index in [0.717, 1.165) is 30.1 Å². The topological polar surface area (TPSA) is 21.3 Å². The summed E-state index contributed by atoms with van der Waals surface area (Å²) in [4.78, 5) is 1.06. The van der Waals surface area contributed by atoms with Gasteiger partial charge in [0, 0.05) is 12.5 Å². The first-order valence-corrected chi connectivity index (χ1v) is 8.02. The fourth-order valence-electron chi connectivity index (χ4n) is 2.64. The lowest BCUT2D eigenvalue weighted by atomic mass is 10.0. The van der Waals surface area contributed by atoms with Gasteiger partial charge in [0.2, 0.25) is 0 Å². The van der Waals surface area contributed by atoms with E-state index in [9.17, 15) is 0 Å². The van der Waals surface area contributed by atoms with E-state index in [0.29, 0.717) is 5.92 Å². The molecular weight excluding hydrogens is 278 g/mol. The third-order valence-electron chi connectivity index (χ3n) is 4.05. The molecule has 2 aromatic rings. The number of thiocarbonyl (C=S) groups is 1. The van der Waals surface area contributed by atoms with Crippen LogP contribution in [0.3, 0.4) is 0 Å². The molecule has 0 aliphatic heterocycles. The summed E-state index contributed by atoms with van der Waals surface area (Å²) in [5, 5.41) is 5.96. The van der Waals surface area contributed by atoms with Crippen LogP contribution in [-0.4, -0.2) is 18.6 Å². The highest BCUT2D eigenvalue weighted by Gasteiger charge is 2.25. The van der Waals surface area contributed by atoms with E-state index in [2.05, 4.69) is 35.6 Å². The number of methoxy groups -OCH3 is 1. The largest absolute Gasteiger partial charge is 0.497 e. The van der Waals surface area contributed by atoms with Crippen LogP contribution in [0.1, 0.15) is 24.8 Å². The molecule has 110 valence electrons. The average Bonchev–Trinajstić information content (AvgIpc) is 3.35. The molecule has 3 rings (SSSR count). The molecule has 0 bridgehead atoms. The Kier molecular flexibility index (Phi) is 4.39. The van der Waals surface area contributed by atoms with Gasteiger partial charge >= 0.3 is 0 Å². The highest BCUT2D eigenvalue weighted by molar-refractivity contribution is 7.80. The molecule has 0 spiro atoms. The standard InChI is InChI=1S/C18H21NOS/c1-20-16-10-9-14-5-2-4-13(17(14)12-16)6-3-11-19-18(21)15-7-8-15/h2,4-5,9-10,12,15H,3,6-8,11H2,1H3,(H,19,21). The van der Waals surface area contributed by atoms with Crippen molar-refractivity contribution in [2.75, 3.05) is 13.7 Å². The molecule has 0 atom stereocenters. The number of hydrogen-bond acceptors (Lipinski definition) is 2. The normalized spacial score (nSPS) is 14.1. The second-order valence-electron chi connectivity index (χ2n) is 5.67. The second-order valence-corrected chi connectivity index (χ2v) is 6.11. The van der Waals surface area contributed by atoms with Crippen molar-refractivity contribution in [3.63, 3.8) is 0 Å². The van der Waals surface area contributed by atoms with Crippen LogP contribution in [0.25, 0.3) is 10.8 Å². The molecular formula is C18H21NOS. The fraction of sp³-hybridized carbons (Fsp3) is 0.389. The number of ether oxygens (including phenoxy) is 1. The SMILES string of the molecule is COc1ccc2cccc(CCCNC(=S)C3CC3)c2c1. The third-order valence-corrected chi connectivity index (χ3v) is 4.53. The molecule has 2 aromatic carbocycles. The van der Waals surface area contributed by atoms with Gasteiger partial charge in [0.15, 0.2) is 0 Å². The van der Waals surface area contributed by atoms with E-state index < -0.39 is 0 Å². The zero-order valence-corrected chi connectivity index (χ0v) is 13.2. The molecule has 2 nitrogen and oxygen atoms in total. The van der Waals surface area contributed by atoms with Gasteiger partial charge in [-0.3, -0.25) is 0 Å². The van der Waals surface area contributed by atoms with Crippen LogP contribution in [0.5, 0.6) is 5.75 Å². The van der Waals surface area contributed by atoms with E-state index in [1.807, 2.05) is 6.07 Å². The van der Waals surface area contributed by atoms with E-state index in [4.69, 9.17) is 17.0 Å². The zero-order chi connectivity index (χ0) is 14.7. The Morgan fingerprint density at radius 2 is 2.14 bits per heavy atom. The Morgan fingerprint density at radius 1 is 1.29 bits per heavy atom.